The molecule has 2 amide bonds. The number of halogens is 2. The van der Waals surface area contributed by atoms with Gasteiger partial charge in [-0.1, -0.05) is 18.2 Å². The van der Waals surface area contributed by atoms with E-state index >= 15 is 0 Å². The van der Waals surface area contributed by atoms with Crippen molar-refractivity contribution in [3.05, 3.63) is 52.7 Å². The van der Waals surface area contributed by atoms with Crippen LogP contribution in [-0.2, 0) is 4.79 Å². The summed E-state index contributed by atoms with van der Waals surface area (Å²) in [6.45, 7) is 0. The third kappa shape index (κ3) is 4.27. The lowest BCUT2D eigenvalue weighted by Crippen LogP contribution is -2.48. The molecule has 8 heteroatoms. The Balaban J connectivity index is 1.91. The highest BCUT2D eigenvalue weighted by molar-refractivity contribution is 8.01. The summed E-state index contributed by atoms with van der Waals surface area (Å²) >= 11 is 1.39. The van der Waals surface area contributed by atoms with Crippen molar-refractivity contribution < 1.29 is 18.4 Å². The molecule has 1 heterocycles. The van der Waals surface area contributed by atoms with Crippen LogP contribution in [0.1, 0.15) is 10.4 Å². The summed E-state index contributed by atoms with van der Waals surface area (Å²) in [7, 11) is 0. The molecule has 2 rings (SSSR count). The van der Waals surface area contributed by atoms with Gasteiger partial charge in [-0.2, -0.15) is 20.1 Å². The Morgan fingerprint density at radius 1 is 1.10 bits per heavy atom. The standard InChI is InChI=1S/C13H10F2N2O2S2/c14-13(15,21-10-4-2-1-3-5-10)12(19)17-16-11(18)9-6-7-20-8-9/h1-8H,(H,16,18)(H,17,19). The number of hydrogen-bond donors (Lipinski definition) is 2. The minimum absolute atomic E-state index is 0.109. The Morgan fingerprint density at radius 2 is 1.81 bits per heavy atom. The number of rotatable bonds is 4. The number of thiophene rings is 1. The molecule has 0 saturated heterocycles. The molecular weight excluding hydrogens is 318 g/mol. The fourth-order valence-electron chi connectivity index (χ4n) is 1.34. The third-order valence-corrected chi connectivity index (χ3v) is 3.96. The molecular formula is C13H10F2N2O2S2. The summed E-state index contributed by atoms with van der Waals surface area (Å²) in [4.78, 5) is 23.2. The Bertz CT molecular complexity index is 618. The molecule has 0 fully saturated rings. The van der Waals surface area contributed by atoms with Crippen LogP contribution in [0, 0.1) is 0 Å². The van der Waals surface area contributed by atoms with Crippen molar-refractivity contribution in [1.29, 1.82) is 0 Å². The van der Waals surface area contributed by atoms with Crippen molar-refractivity contribution in [2.75, 3.05) is 0 Å². The minimum Gasteiger partial charge on any atom is -0.267 e. The molecule has 0 aliphatic carbocycles. The normalized spacial score (nSPS) is 11.0. The molecule has 0 atom stereocenters. The van der Waals surface area contributed by atoms with E-state index in [1.165, 1.54) is 29.5 Å². The fraction of sp³-hybridized carbons (Fsp3) is 0.0769. The summed E-state index contributed by atoms with van der Waals surface area (Å²) in [6, 6.07) is 9.32. The Morgan fingerprint density at radius 3 is 2.43 bits per heavy atom. The van der Waals surface area contributed by atoms with Gasteiger partial charge in [-0.3, -0.25) is 20.4 Å². The quantitative estimate of drug-likeness (QED) is 0.670. The van der Waals surface area contributed by atoms with Crippen LogP contribution in [0.4, 0.5) is 8.78 Å². The number of carbonyl (C=O) groups excluding carboxylic acids is 2. The Kier molecular flexibility index (Phi) is 4.92. The zero-order chi connectivity index (χ0) is 15.3. The second-order valence-electron chi connectivity index (χ2n) is 3.85. The van der Waals surface area contributed by atoms with Crippen molar-refractivity contribution in [3.8, 4) is 0 Å². The number of nitrogens with one attached hydrogen (secondary N) is 2. The van der Waals surface area contributed by atoms with E-state index in [4.69, 9.17) is 0 Å². The highest BCUT2D eigenvalue weighted by Crippen LogP contribution is 2.35. The molecule has 1 aromatic carbocycles. The van der Waals surface area contributed by atoms with Crippen molar-refractivity contribution in [2.45, 2.75) is 10.2 Å². The molecule has 2 N–H and O–H groups in total. The molecule has 0 radical (unpaired) electrons. The zero-order valence-electron chi connectivity index (χ0n) is 10.5. The Labute approximate surface area is 127 Å². The number of amides is 2. The maximum Gasteiger partial charge on any atom is 0.376 e. The molecule has 0 saturated carbocycles. The number of hydrazine groups is 1. The average molecular weight is 328 g/mol. The van der Waals surface area contributed by atoms with Gasteiger partial charge in [0.05, 0.1) is 5.56 Å². The number of hydrogen-bond acceptors (Lipinski definition) is 4. The van der Waals surface area contributed by atoms with E-state index in [-0.39, 0.29) is 16.7 Å². The smallest absolute Gasteiger partial charge is 0.267 e. The molecule has 0 aliphatic heterocycles. The van der Waals surface area contributed by atoms with Crippen LogP contribution in [0.5, 0.6) is 0 Å². The van der Waals surface area contributed by atoms with E-state index in [2.05, 4.69) is 0 Å². The van der Waals surface area contributed by atoms with Crippen LogP contribution in [0.25, 0.3) is 0 Å². The number of carbonyl (C=O) groups is 2. The molecule has 0 bridgehead atoms. The largest absolute Gasteiger partial charge is 0.376 e. The Hall–Kier alpha value is -1.93. The van der Waals surface area contributed by atoms with Gasteiger partial charge < -0.3 is 0 Å². The van der Waals surface area contributed by atoms with Gasteiger partial charge in [-0.15, -0.1) is 0 Å². The molecule has 0 aliphatic rings. The first-order valence-corrected chi connectivity index (χ1v) is 7.50. The SMILES string of the molecule is O=C(NNC(=O)C(F)(F)Sc1ccccc1)c1ccsc1. The van der Waals surface area contributed by atoms with Gasteiger partial charge in [0.25, 0.3) is 5.91 Å². The molecule has 110 valence electrons. The van der Waals surface area contributed by atoms with Crippen LogP contribution in [0.15, 0.2) is 52.1 Å². The van der Waals surface area contributed by atoms with Gasteiger partial charge in [0, 0.05) is 10.3 Å². The van der Waals surface area contributed by atoms with Crippen molar-refractivity contribution in [3.63, 3.8) is 0 Å². The van der Waals surface area contributed by atoms with Crippen LogP contribution >= 0.6 is 23.1 Å². The highest BCUT2D eigenvalue weighted by Gasteiger charge is 2.40. The minimum atomic E-state index is -3.69. The van der Waals surface area contributed by atoms with Gasteiger partial charge >= 0.3 is 11.2 Å². The topological polar surface area (TPSA) is 58.2 Å². The maximum atomic E-state index is 13.7. The average Bonchev–Trinajstić information content (AvgIpc) is 2.99. The van der Waals surface area contributed by atoms with E-state index in [1.54, 1.807) is 34.4 Å². The maximum absolute atomic E-state index is 13.7. The second kappa shape index (κ2) is 6.68. The van der Waals surface area contributed by atoms with Crippen LogP contribution in [-0.4, -0.2) is 17.1 Å². The van der Waals surface area contributed by atoms with E-state index in [1.807, 2.05) is 5.43 Å². The lowest BCUT2D eigenvalue weighted by molar-refractivity contribution is -0.135. The van der Waals surface area contributed by atoms with Gasteiger partial charge in [0.1, 0.15) is 0 Å². The number of alkyl halides is 2. The predicted molar refractivity (Wildman–Crippen MR) is 77.2 cm³/mol. The van der Waals surface area contributed by atoms with Crippen molar-refractivity contribution in [2.24, 2.45) is 0 Å². The zero-order valence-corrected chi connectivity index (χ0v) is 12.1. The summed E-state index contributed by atoms with van der Waals surface area (Å²) in [5, 5.41) is -0.488. The van der Waals surface area contributed by atoms with Crippen LogP contribution in [0.3, 0.4) is 0 Å². The summed E-state index contributed by atoms with van der Waals surface area (Å²) in [6.07, 6.45) is 0. The first-order valence-electron chi connectivity index (χ1n) is 5.74. The number of thioether (sulfide) groups is 1. The lowest BCUT2D eigenvalue weighted by atomic mass is 10.3. The van der Waals surface area contributed by atoms with E-state index < -0.39 is 17.1 Å². The first-order chi connectivity index (χ1) is 9.99. The molecule has 0 unspecified atom stereocenters. The summed E-state index contributed by atoms with van der Waals surface area (Å²) < 4.78 is 27.4. The van der Waals surface area contributed by atoms with Gasteiger partial charge in [0.15, 0.2) is 0 Å². The molecule has 4 nitrogen and oxygen atoms in total. The van der Waals surface area contributed by atoms with E-state index in [0.29, 0.717) is 5.56 Å². The predicted octanol–water partition coefficient (Wildman–Crippen LogP) is 2.89. The van der Waals surface area contributed by atoms with Crippen LogP contribution < -0.4 is 10.9 Å². The third-order valence-electron chi connectivity index (χ3n) is 2.33. The monoisotopic (exact) mass is 328 g/mol. The van der Waals surface area contributed by atoms with Gasteiger partial charge in [-0.05, 0) is 35.3 Å². The van der Waals surface area contributed by atoms with Crippen LogP contribution in [0.2, 0.25) is 0 Å². The second-order valence-corrected chi connectivity index (χ2v) is 5.82. The molecule has 21 heavy (non-hydrogen) atoms. The van der Waals surface area contributed by atoms with E-state index in [0.717, 1.165) is 0 Å². The molecule has 1 aromatic heterocycles. The van der Waals surface area contributed by atoms with Gasteiger partial charge in [-0.25, -0.2) is 0 Å². The first kappa shape index (κ1) is 15.5. The highest BCUT2D eigenvalue weighted by atomic mass is 32.2. The van der Waals surface area contributed by atoms with Crippen molar-refractivity contribution >= 4 is 34.9 Å². The van der Waals surface area contributed by atoms with Gasteiger partial charge in [0.2, 0.25) is 0 Å². The molecule has 0 spiro atoms. The summed E-state index contributed by atoms with van der Waals surface area (Å²) in [5.41, 5.74) is 3.97. The van der Waals surface area contributed by atoms with Crippen molar-refractivity contribution in [1.82, 2.24) is 10.9 Å². The number of benzene rings is 1. The van der Waals surface area contributed by atoms with E-state index in [9.17, 15) is 18.4 Å². The lowest BCUT2D eigenvalue weighted by Gasteiger charge is -2.15. The molecule has 2 aromatic rings. The summed E-state index contributed by atoms with van der Waals surface area (Å²) in [5.74, 6) is -2.23. The fourth-order valence-corrected chi connectivity index (χ4v) is 2.70.